The molecule has 3 aliphatic heterocycles. The molecule has 3 heterocycles. The lowest BCUT2D eigenvalue weighted by Crippen LogP contribution is -2.58. The van der Waals surface area contributed by atoms with Gasteiger partial charge in [0.15, 0.2) is 6.10 Å². The van der Waals surface area contributed by atoms with Gasteiger partial charge in [-0.25, -0.2) is 9.59 Å². The summed E-state index contributed by atoms with van der Waals surface area (Å²) in [5.74, 6) is -4.20. The third-order valence-electron chi connectivity index (χ3n) is 8.59. The van der Waals surface area contributed by atoms with Crippen molar-refractivity contribution in [3.05, 3.63) is 65.2 Å². The second-order valence-corrected chi connectivity index (χ2v) is 14.7. The maximum Gasteiger partial charge on any atom is 0.490 e. The number of benzene rings is 2. The third kappa shape index (κ3) is 8.89. The molecule has 0 radical (unpaired) electrons. The first kappa shape index (κ1) is 35.7. The van der Waals surface area contributed by atoms with Crippen molar-refractivity contribution >= 4 is 51.8 Å². The van der Waals surface area contributed by atoms with Crippen LogP contribution in [0, 0.1) is 0 Å². The summed E-state index contributed by atoms with van der Waals surface area (Å²) in [5.41, 5.74) is 1.79. The molecule has 0 unspecified atom stereocenters. The van der Waals surface area contributed by atoms with Crippen LogP contribution in [0.1, 0.15) is 42.0 Å². The highest BCUT2D eigenvalue weighted by Crippen LogP contribution is 2.40. The van der Waals surface area contributed by atoms with E-state index in [1.54, 1.807) is 36.4 Å². The number of esters is 1. The Morgan fingerprint density at radius 1 is 1.04 bits per heavy atom. The summed E-state index contributed by atoms with van der Waals surface area (Å²) in [7, 11) is 0. The maximum atomic E-state index is 13.5. The number of nitrogens with one attached hydrogen (secondary N) is 1. The van der Waals surface area contributed by atoms with Gasteiger partial charge in [0.1, 0.15) is 17.5 Å². The zero-order valence-electron chi connectivity index (χ0n) is 25.6. The number of carbonyl (C=O) groups excluding carboxylic acids is 4. The van der Waals surface area contributed by atoms with E-state index in [1.165, 1.54) is 0 Å². The highest BCUT2D eigenvalue weighted by molar-refractivity contribution is 8.13. The standard InChI is InChI=1S/C32H34F3N3O8S2/c33-32(34,35)31(44)46-26-15-20-3-1-2-4-23(20)24-16-21(17-25(30(42)43)38(24)29(26)41)36-27(39)10-7-19-5-8-22(9-6-19)47-28(40)18-37-11-13-48(45)14-12-37/h1-6,8-9,21,24-26H,7,10-18H2,(H,36,39)(H,42,43)/t21-,24+,25-,26-/m0/s1. The summed E-state index contributed by atoms with van der Waals surface area (Å²) in [6.45, 7) is 1.54. The van der Waals surface area contributed by atoms with Crippen LogP contribution < -0.4 is 5.32 Å². The van der Waals surface area contributed by atoms with E-state index in [0.717, 1.165) is 27.1 Å². The molecule has 2 fully saturated rings. The molecule has 0 bridgehead atoms. The molecular weight excluding hydrogens is 675 g/mol. The number of hydrogen-bond acceptors (Lipinski definition) is 9. The number of rotatable bonds is 9. The van der Waals surface area contributed by atoms with Crippen molar-refractivity contribution in [1.82, 2.24) is 15.1 Å². The average Bonchev–Trinajstić information content (AvgIpc) is 3.15. The van der Waals surface area contributed by atoms with Crippen molar-refractivity contribution in [2.24, 2.45) is 0 Å². The van der Waals surface area contributed by atoms with Gasteiger partial charge in [0.05, 0.1) is 12.6 Å². The zero-order valence-corrected chi connectivity index (χ0v) is 27.3. The number of amides is 2. The van der Waals surface area contributed by atoms with Gasteiger partial charge in [0.25, 0.3) is 5.91 Å². The minimum atomic E-state index is -5.34. The molecule has 11 nitrogen and oxygen atoms in total. The number of thioether (sulfide) groups is 1. The average molecular weight is 710 g/mol. The SMILES string of the molecule is O=C(CCc1ccc(SC(=O)CN2CC[S+]([O-])CC2)cc1)N[C@H]1C[C@@H]2c3ccccc3C[C@H](OC(=O)C(F)(F)F)C(=O)N2[C@H](C(=O)O)C1. The molecule has 258 valence electrons. The lowest BCUT2D eigenvalue weighted by molar-refractivity contribution is -0.207. The number of fused-ring (bicyclic) bond motifs is 3. The quantitative estimate of drug-likeness (QED) is 0.226. The molecule has 5 rings (SSSR count). The number of aryl methyl sites for hydroxylation is 1. The number of carboxylic acids is 1. The van der Waals surface area contributed by atoms with E-state index in [0.29, 0.717) is 42.1 Å². The van der Waals surface area contributed by atoms with Gasteiger partial charge in [-0.2, -0.15) is 13.2 Å². The molecule has 2 N–H and O–H groups in total. The lowest BCUT2D eigenvalue weighted by Gasteiger charge is -2.43. The van der Waals surface area contributed by atoms with Gasteiger partial charge in [0, 0.05) is 36.9 Å². The Bertz CT molecular complexity index is 1540. The van der Waals surface area contributed by atoms with Gasteiger partial charge < -0.3 is 24.6 Å². The fraction of sp³-hybridized carbons (Fsp3) is 0.469. The van der Waals surface area contributed by atoms with Crippen molar-refractivity contribution in [2.75, 3.05) is 31.1 Å². The molecule has 2 saturated heterocycles. The number of hydrogen-bond donors (Lipinski definition) is 2. The summed E-state index contributed by atoms with van der Waals surface area (Å²) in [6, 6.07) is 10.7. The summed E-state index contributed by atoms with van der Waals surface area (Å²) in [4.78, 5) is 66.7. The van der Waals surface area contributed by atoms with Crippen LogP contribution in [-0.4, -0.2) is 104 Å². The van der Waals surface area contributed by atoms with E-state index < -0.39 is 59.4 Å². The molecule has 16 heteroatoms. The largest absolute Gasteiger partial charge is 0.616 e. The number of nitrogens with zero attached hydrogens (tertiary/aromatic N) is 2. The van der Waals surface area contributed by atoms with Crippen LogP contribution in [0.5, 0.6) is 0 Å². The van der Waals surface area contributed by atoms with Gasteiger partial charge >= 0.3 is 18.1 Å². The molecule has 4 atom stereocenters. The van der Waals surface area contributed by atoms with Crippen LogP contribution >= 0.6 is 11.8 Å². The Hall–Kier alpha value is -3.60. The van der Waals surface area contributed by atoms with Crippen LogP contribution in [0.2, 0.25) is 0 Å². The van der Waals surface area contributed by atoms with Gasteiger partial charge in [-0.3, -0.25) is 19.3 Å². The van der Waals surface area contributed by atoms with Crippen LogP contribution in [0.25, 0.3) is 0 Å². The highest BCUT2D eigenvalue weighted by Gasteiger charge is 2.50. The fourth-order valence-electron chi connectivity index (χ4n) is 6.25. The monoisotopic (exact) mass is 709 g/mol. The van der Waals surface area contributed by atoms with Gasteiger partial charge in [-0.05, 0) is 48.1 Å². The molecule has 0 aliphatic carbocycles. The molecular formula is C32H34F3N3O8S2. The summed E-state index contributed by atoms with van der Waals surface area (Å²) in [5, 5.41) is 12.9. The molecule has 48 heavy (non-hydrogen) atoms. The predicted octanol–water partition coefficient (Wildman–Crippen LogP) is 2.63. The molecule has 0 spiro atoms. The topological polar surface area (TPSA) is 156 Å². The Balaban J connectivity index is 1.20. The second kappa shape index (κ2) is 15.3. The first-order valence-electron chi connectivity index (χ1n) is 15.4. The smallest absolute Gasteiger partial charge is 0.490 e. The Morgan fingerprint density at radius 2 is 1.73 bits per heavy atom. The van der Waals surface area contributed by atoms with E-state index >= 15 is 0 Å². The highest BCUT2D eigenvalue weighted by atomic mass is 32.2. The van der Waals surface area contributed by atoms with Crippen molar-refractivity contribution in [3.8, 4) is 0 Å². The van der Waals surface area contributed by atoms with Crippen molar-refractivity contribution in [2.45, 2.75) is 67.4 Å². The van der Waals surface area contributed by atoms with Gasteiger partial charge in [0.2, 0.25) is 11.0 Å². The lowest BCUT2D eigenvalue weighted by atomic mass is 9.86. The number of ether oxygens (including phenoxy) is 1. The number of carbonyl (C=O) groups is 5. The number of aliphatic carboxylic acids is 1. The predicted molar refractivity (Wildman–Crippen MR) is 168 cm³/mol. The van der Waals surface area contributed by atoms with E-state index in [9.17, 15) is 46.8 Å². The van der Waals surface area contributed by atoms with Crippen LogP contribution in [-0.2, 0) is 52.7 Å². The summed E-state index contributed by atoms with van der Waals surface area (Å²) >= 11 is 0.307. The van der Waals surface area contributed by atoms with Crippen LogP contribution in [0.4, 0.5) is 13.2 Å². The minimum Gasteiger partial charge on any atom is -0.616 e. The fourth-order valence-corrected chi connectivity index (χ4v) is 8.16. The number of carboxylic acid groups (broad SMARTS) is 1. The van der Waals surface area contributed by atoms with Gasteiger partial charge in [-0.15, -0.1) is 0 Å². The maximum absolute atomic E-state index is 13.5. The third-order valence-corrected chi connectivity index (χ3v) is 10.7. The summed E-state index contributed by atoms with van der Waals surface area (Å²) < 4.78 is 55.1. The molecule has 2 amide bonds. The number of alkyl halides is 3. The summed E-state index contributed by atoms with van der Waals surface area (Å²) in [6.07, 6.45) is -7.21. The molecule has 3 aliphatic rings. The van der Waals surface area contributed by atoms with Crippen LogP contribution in [0.15, 0.2) is 53.4 Å². The first-order chi connectivity index (χ1) is 22.8. The van der Waals surface area contributed by atoms with E-state index in [4.69, 9.17) is 0 Å². The van der Waals surface area contributed by atoms with E-state index in [-0.39, 0.29) is 43.3 Å². The van der Waals surface area contributed by atoms with Crippen LogP contribution in [0.3, 0.4) is 0 Å². The van der Waals surface area contributed by atoms with Gasteiger partial charge in [-0.1, -0.05) is 59.3 Å². The molecule has 0 aromatic heterocycles. The van der Waals surface area contributed by atoms with Crippen molar-refractivity contribution in [1.29, 1.82) is 0 Å². The first-order valence-corrected chi connectivity index (χ1v) is 17.7. The van der Waals surface area contributed by atoms with E-state index in [2.05, 4.69) is 10.1 Å². The normalized spacial score (nSPS) is 23.4. The Labute approximate surface area is 281 Å². The number of piperidine rings is 1. The Morgan fingerprint density at radius 3 is 2.40 bits per heavy atom. The minimum absolute atomic E-state index is 0.0173. The Kier molecular flexibility index (Phi) is 11.4. The zero-order chi connectivity index (χ0) is 34.6. The van der Waals surface area contributed by atoms with Crippen molar-refractivity contribution in [3.63, 3.8) is 0 Å². The number of halogens is 3. The van der Waals surface area contributed by atoms with E-state index in [1.807, 2.05) is 17.0 Å². The molecule has 2 aromatic rings. The molecule has 2 aromatic carbocycles. The molecule has 0 saturated carbocycles. The second-order valence-electron chi connectivity index (χ2n) is 11.9. The van der Waals surface area contributed by atoms with Crippen molar-refractivity contribution < 1.29 is 51.5 Å².